The van der Waals surface area contributed by atoms with Crippen molar-refractivity contribution in [3.8, 4) is 0 Å². The zero-order valence-electron chi connectivity index (χ0n) is 7.63. The molecule has 1 rings (SSSR count). The van der Waals surface area contributed by atoms with E-state index in [-0.39, 0.29) is 0 Å². The van der Waals surface area contributed by atoms with E-state index in [4.69, 9.17) is 17.3 Å². The van der Waals surface area contributed by atoms with Gasteiger partial charge in [-0.05, 0) is 0 Å². The van der Waals surface area contributed by atoms with Gasteiger partial charge in [0, 0.05) is 19.5 Å². The largest absolute Gasteiger partial charge is 0.325 e. The van der Waals surface area contributed by atoms with Crippen molar-refractivity contribution in [1.29, 1.82) is 0 Å². The van der Waals surface area contributed by atoms with Crippen molar-refractivity contribution in [3.05, 3.63) is 16.7 Å². The number of hydrogen-bond donors (Lipinski definition) is 1. The Balaban J connectivity index is 3.16. The molecule has 2 N–H and O–H groups in total. The molecule has 0 radical (unpaired) electrons. The molecule has 0 bridgehead atoms. The lowest BCUT2D eigenvalue weighted by Gasteiger charge is -2.03. The van der Waals surface area contributed by atoms with Crippen LogP contribution in [-0.4, -0.2) is 9.55 Å². The molecule has 0 atom stereocenters. The van der Waals surface area contributed by atoms with Gasteiger partial charge >= 0.3 is 0 Å². The van der Waals surface area contributed by atoms with E-state index in [0.717, 1.165) is 11.5 Å². The Labute approximate surface area is 77.5 Å². The Kier molecular flexibility index (Phi) is 2.75. The zero-order chi connectivity index (χ0) is 9.30. The van der Waals surface area contributed by atoms with Gasteiger partial charge < -0.3 is 10.3 Å². The lowest BCUT2D eigenvalue weighted by Crippen LogP contribution is -1.99. The summed E-state index contributed by atoms with van der Waals surface area (Å²) in [7, 11) is 1.91. The normalized spacial score (nSPS) is 11.2. The minimum atomic E-state index is 0.382. The van der Waals surface area contributed by atoms with E-state index in [1.165, 1.54) is 0 Å². The van der Waals surface area contributed by atoms with Gasteiger partial charge in [-0.2, -0.15) is 0 Å². The first-order valence-electron chi connectivity index (χ1n) is 3.99. The Hall–Kier alpha value is -0.540. The SMILES string of the molecule is CC(C)c1nc(CN)c(Cl)n1C. The van der Waals surface area contributed by atoms with Gasteiger partial charge in [0.15, 0.2) is 0 Å². The number of nitrogens with zero attached hydrogens (tertiary/aromatic N) is 2. The van der Waals surface area contributed by atoms with E-state index >= 15 is 0 Å². The highest BCUT2D eigenvalue weighted by Crippen LogP contribution is 2.21. The third-order valence-corrected chi connectivity index (χ3v) is 2.31. The van der Waals surface area contributed by atoms with Gasteiger partial charge in [-0.3, -0.25) is 0 Å². The number of aromatic nitrogens is 2. The van der Waals surface area contributed by atoms with Crippen molar-refractivity contribution in [3.63, 3.8) is 0 Å². The van der Waals surface area contributed by atoms with E-state index < -0.39 is 0 Å². The van der Waals surface area contributed by atoms with Crippen molar-refractivity contribution in [2.45, 2.75) is 26.3 Å². The van der Waals surface area contributed by atoms with Gasteiger partial charge in [-0.15, -0.1) is 0 Å². The van der Waals surface area contributed by atoms with Crippen LogP contribution < -0.4 is 5.73 Å². The molecule has 1 heterocycles. The summed E-state index contributed by atoms with van der Waals surface area (Å²) in [6, 6.07) is 0. The predicted octanol–water partition coefficient (Wildman–Crippen LogP) is 1.66. The molecule has 0 aliphatic heterocycles. The minimum absolute atomic E-state index is 0.382. The third-order valence-electron chi connectivity index (χ3n) is 1.84. The molecule has 1 aromatic rings. The highest BCUT2D eigenvalue weighted by Gasteiger charge is 2.13. The van der Waals surface area contributed by atoms with Crippen molar-refractivity contribution in [2.24, 2.45) is 12.8 Å². The standard InChI is InChI=1S/C8H14ClN3/c1-5(2)8-11-6(4-10)7(9)12(8)3/h5H,4,10H2,1-3H3. The number of nitrogens with two attached hydrogens (primary N) is 1. The number of rotatable bonds is 2. The van der Waals surface area contributed by atoms with Crippen LogP contribution >= 0.6 is 11.6 Å². The van der Waals surface area contributed by atoms with Crippen molar-refractivity contribution in [1.82, 2.24) is 9.55 Å². The first-order valence-corrected chi connectivity index (χ1v) is 4.36. The number of halogens is 1. The fourth-order valence-electron chi connectivity index (χ4n) is 1.20. The van der Waals surface area contributed by atoms with Gasteiger partial charge in [-0.1, -0.05) is 25.4 Å². The van der Waals surface area contributed by atoms with Crippen molar-refractivity contribution in [2.75, 3.05) is 0 Å². The lowest BCUT2D eigenvalue weighted by atomic mass is 10.2. The molecule has 3 nitrogen and oxygen atoms in total. The fourth-order valence-corrected chi connectivity index (χ4v) is 1.41. The first kappa shape index (κ1) is 9.55. The second kappa shape index (κ2) is 3.46. The van der Waals surface area contributed by atoms with E-state index in [9.17, 15) is 0 Å². The summed E-state index contributed by atoms with van der Waals surface area (Å²) in [6.45, 7) is 4.57. The zero-order valence-corrected chi connectivity index (χ0v) is 8.39. The monoisotopic (exact) mass is 187 g/mol. The van der Waals surface area contributed by atoms with Gasteiger partial charge in [0.2, 0.25) is 0 Å². The second-order valence-electron chi connectivity index (χ2n) is 3.13. The second-order valence-corrected chi connectivity index (χ2v) is 3.48. The Morgan fingerprint density at radius 2 is 2.17 bits per heavy atom. The summed E-state index contributed by atoms with van der Waals surface area (Å²) < 4.78 is 1.88. The number of imidazole rings is 1. The van der Waals surface area contributed by atoms with Gasteiger partial charge in [-0.25, -0.2) is 4.98 Å². The lowest BCUT2D eigenvalue weighted by molar-refractivity contribution is 0.710. The molecule has 0 fully saturated rings. The molecule has 0 saturated carbocycles. The predicted molar refractivity (Wildman–Crippen MR) is 50.2 cm³/mol. The summed E-state index contributed by atoms with van der Waals surface area (Å²) in [4.78, 5) is 4.33. The van der Waals surface area contributed by atoms with E-state index in [0.29, 0.717) is 17.6 Å². The van der Waals surface area contributed by atoms with Crippen LogP contribution in [0.3, 0.4) is 0 Å². The first-order chi connectivity index (χ1) is 5.57. The van der Waals surface area contributed by atoms with E-state index in [2.05, 4.69) is 18.8 Å². The van der Waals surface area contributed by atoms with Gasteiger partial charge in [0.25, 0.3) is 0 Å². The Morgan fingerprint density at radius 3 is 2.42 bits per heavy atom. The van der Waals surface area contributed by atoms with Crippen LogP contribution in [0.5, 0.6) is 0 Å². The van der Waals surface area contributed by atoms with Crippen LogP contribution in [0.25, 0.3) is 0 Å². The molecule has 0 aliphatic rings. The average molecular weight is 188 g/mol. The summed E-state index contributed by atoms with van der Waals surface area (Å²) >= 11 is 5.98. The van der Waals surface area contributed by atoms with Gasteiger partial charge in [0.1, 0.15) is 11.0 Å². The molecule has 12 heavy (non-hydrogen) atoms. The van der Waals surface area contributed by atoms with Crippen LogP contribution in [0.15, 0.2) is 0 Å². The van der Waals surface area contributed by atoms with Crippen molar-refractivity contribution < 1.29 is 0 Å². The molecule has 1 aromatic heterocycles. The molecule has 0 aliphatic carbocycles. The summed E-state index contributed by atoms with van der Waals surface area (Å²) in [6.07, 6.45) is 0. The maximum absolute atomic E-state index is 5.98. The highest BCUT2D eigenvalue weighted by atomic mass is 35.5. The molecule has 0 spiro atoms. The Bertz CT molecular complexity index is 278. The molecule has 0 unspecified atom stereocenters. The van der Waals surface area contributed by atoms with Crippen molar-refractivity contribution >= 4 is 11.6 Å². The fraction of sp³-hybridized carbons (Fsp3) is 0.625. The smallest absolute Gasteiger partial charge is 0.133 e. The Morgan fingerprint density at radius 1 is 1.58 bits per heavy atom. The van der Waals surface area contributed by atoms with Crippen LogP contribution in [0.1, 0.15) is 31.3 Å². The number of hydrogen-bond acceptors (Lipinski definition) is 2. The molecule has 0 saturated heterocycles. The minimum Gasteiger partial charge on any atom is -0.325 e. The molecule has 4 heteroatoms. The molecular weight excluding hydrogens is 174 g/mol. The van der Waals surface area contributed by atoms with E-state index in [1.54, 1.807) is 0 Å². The van der Waals surface area contributed by atoms with Crippen LogP contribution in [0.2, 0.25) is 5.15 Å². The van der Waals surface area contributed by atoms with Crippen LogP contribution in [0.4, 0.5) is 0 Å². The van der Waals surface area contributed by atoms with E-state index in [1.807, 2.05) is 11.6 Å². The quantitative estimate of drug-likeness (QED) is 0.766. The van der Waals surface area contributed by atoms with Crippen LogP contribution in [0, 0.1) is 0 Å². The van der Waals surface area contributed by atoms with Gasteiger partial charge in [0.05, 0.1) is 5.69 Å². The molecule has 0 amide bonds. The third kappa shape index (κ3) is 1.47. The average Bonchev–Trinajstić information content (AvgIpc) is 2.30. The highest BCUT2D eigenvalue weighted by molar-refractivity contribution is 6.30. The summed E-state index contributed by atoms with van der Waals surface area (Å²) in [5.41, 5.74) is 6.25. The van der Waals surface area contributed by atoms with Crippen LogP contribution in [-0.2, 0) is 13.6 Å². The summed E-state index contributed by atoms with van der Waals surface area (Å²) in [5.74, 6) is 1.37. The molecule has 0 aromatic carbocycles. The molecule has 68 valence electrons. The summed E-state index contributed by atoms with van der Waals surface area (Å²) in [5, 5.41) is 0.654. The maximum atomic E-state index is 5.98. The molecular formula is C8H14ClN3. The topological polar surface area (TPSA) is 43.8 Å². The maximum Gasteiger partial charge on any atom is 0.133 e.